The zero-order chi connectivity index (χ0) is 11.8. The number of hydrogen-bond donors (Lipinski definition) is 1. The van der Waals surface area contributed by atoms with Gasteiger partial charge in [-0.2, -0.15) is 0 Å². The van der Waals surface area contributed by atoms with Crippen molar-refractivity contribution in [1.82, 2.24) is 10.2 Å². The molecule has 5 nitrogen and oxygen atoms in total. The van der Waals surface area contributed by atoms with E-state index in [1.165, 1.54) is 0 Å². The minimum Gasteiger partial charge on any atom is -0.381 e. The van der Waals surface area contributed by atoms with Crippen molar-refractivity contribution < 1.29 is 9.53 Å². The molecule has 0 aliphatic carbocycles. The molecule has 0 bridgehead atoms. The maximum Gasteiger partial charge on any atom is 0.227 e. The molecule has 1 N–H and O–H groups in total. The number of carbonyl (C=O) groups excluding carboxylic acids is 1. The molecule has 1 aromatic rings. The van der Waals surface area contributed by atoms with Gasteiger partial charge in [-0.25, -0.2) is 0 Å². The molecule has 1 aromatic heterocycles. The van der Waals surface area contributed by atoms with Gasteiger partial charge in [0, 0.05) is 6.61 Å². The molecule has 6 heteroatoms. The largest absolute Gasteiger partial charge is 0.381 e. The van der Waals surface area contributed by atoms with E-state index in [-0.39, 0.29) is 5.91 Å². The van der Waals surface area contributed by atoms with Crippen molar-refractivity contribution in [2.24, 2.45) is 0 Å². The first kappa shape index (κ1) is 12.9. The molecular formula is C10H14ClN3O2. The Morgan fingerprint density at radius 2 is 2.25 bits per heavy atom. The van der Waals surface area contributed by atoms with Gasteiger partial charge in [-0.15, -0.1) is 10.2 Å². The van der Waals surface area contributed by atoms with E-state index in [1.807, 2.05) is 6.92 Å². The van der Waals surface area contributed by atoms with Crippen molar-refractivity contribution in [2.45, 2.75) is 19.8 Å². The highest BCUT2D eigenvalue weighted by molar-refractivity contribution is 6.29. The van der Waals surface area contributed by atoms with Crippen LogP contribution in [0.15, 0.2) is 12.1 Å². The summed E-state index contributed by atoms with van der Waals surface area (Å²) in [6, 6.07) is 3.16. The van der Waals surface area contributed by atoms with Crippen LogP contribution in [-0.4, -0.2) is 29.3 Å². The predicted molar refractivity (Wildman–Crippen MR) is 61.4 cm³/mol. The molecule has 0 spiro atoms. The molecule has 88 valence electrons. The van der Waals surface area contributed by atoms with Crippen LogP contribution in [0.4, 0.5) is 5.82 Å². The lowest BCUT2D eigenvalue weighted by molar-refractivity contribution is -0.117. The summed E-state index contributed by atoms with van der Waals surface area (Å²) in [5, 5.41) is 10.2. The van der Waals surface area contributed by atoms with Crippen LogP contribution in [0.2, 0.25) is 5.15 Å². The van der Waals surface area contributed by atoms with Gasteiger partial charge in [0.15, 0.2) is 11.0 Å². The van der Waals surface area contributed by atoms with E-state index in [0.29, 0.717) is 30.6 Å². The molecule has 0 unspecified atom stereocenters. The van der Waals surface area contributed by atoms with Gasteiger partial charge in [-0.05, 0) is 18.6 Å². The van der Waals surface area contributed by atoms with Crippen molar-refractivity contribution in [3.8, 4) is 0 Å². The molecule has 0 saturated heterocycles. The molecule has 16 heavy (non-hydrogen) atoms. The Morgan fingerprint density at radius 3 is 2.88 bits per heavy atom. The Morgan fingerprint density at radius 1 is 1.44 bits per heavy atom. The Bertz CT molecular complexity index is 329. The summed E-state index contributed by atoms with van der Waals surface area (Å²) in [5.74, 6) is 0.248. The zero-order valence-corrected chi connectivity index (χ0v) is 9.83. The number of ether oxygens (including phenoxy) is 1. The average Bonchev–Trinajstić information content (AvgIpc) is 2.28. The standard InChI is InChI=1S/C10H14ClN3O2/c1-2-6-16-7-5-10(15)12-9-4-3-8(11)13-14-9/h3-4H,2,5-7H2,1H3,(H,12,14,15). The van der Waals surface area contributed by atoms with Crippen LogP contribution in [0.3, 0.4) is 0 Å². The summed E-state index contributed by atoms with van der Waals surface area (Å²) in [6.45, 7) is 3.11. The van der Waals surface area contributed by atoms with Crippen molar-refractivity contribution in [2.75, 3.05) is 18.5 Å². The predicted octanol–water partition coefficient (Wildman–Crippen LogP) is 1.89. The van der Waals surface area contributed by atoms with Crippen LogP contribution in [0.25, 0.3) is 0 Å². The van der Waals surface area contributed by atoms with Gasteiger partial charge in [0.2, 0.25) is 5.91 Å². The molecule has 0 saturated carbocycles. The first-order valence-corrected chi connectivity index (χ1v) is 5.47. The number of amides is 1. The van der Waals surface area contributed by atoms with E-state index in [4.69, 9.17) is 16.3 Å². The lowest BCUT2D eigenvalue weighted by Crippen LogP contribution is -2.15. The van der Waals surface area contributed by atoms with Gasteiger partial charge in [0.25, 0.3) is 0 Å². The summed E-state index contributed by atoms with van der Waals surface area (Å²) in [4.78, 5) is 11.4. The van der Waals surface area contributed by atoms with Gasteiger partial charge < -0.3 is 10.1 Å². The summed E-state index contributed by atoms with van der Waals surface area (Å²) in [5.41, 5.74) is 0. The van der Waals surface area contributed by atoms with E-state index < -0.39 is 0 Å². The Hall–Kier alpha value is -1.20. The fourth-order valence-electron chi connectivity index (χ4n) is 0.999. The van der Waals surface area contributed by atoms with E-state index in [9.17, 15) is 4.79 Å². The van der Waals surface area contributed by atoms with E-state index in [0.717, 1.165) is 6.42 Å². The quantitative estimate of drug-likeness (QED) is 0.775. The van der Waals surface area contributed by atoms with Crippen LogP contribution in [0, 0.1) is 0 Å². The number of nitrogens with zero attached hydrogens (tertiary/aromatic N) is 2. The third kappa shape index (κ3) is 5.04. The lowest BCUT2D eigenvalue weighted by Gasteiger charge is -2.04. The first-order chi connectivity index (χ1) is 7.72. The topological polar surface area (TPSA) is 64.1 Å². The Labute approximate surface area is 99.2 Å². The SMILES string of the molecule is CCCOCCC(=O)Nc1ccc(Cl)nn1. The highest BCUT2D eigenvalue weighted by Gasteiger charge is 2.03. The highest BCUT2D eigenvalue weighted by atomic mass is 35.5. The van der Waals surface area contributed by atoms with Gasteiger partial charge in [0.05, 0.1) is 13.0 Å². The summed E-state index contributed by atoms with van der Waals surface area (Å²) < 4.78 is 5.19. The van der Waals surface area contributed by atoms with E-state index >= 15 is 0 Å². The second-order valence-electron chi connectivity index (χ2n) is 3.15. The molecule has 0 aliphatic rings. The fourth-order valence-corrected chi connectivity index (χ4v) is 1.10. The Balaban J connectivity index is 2.26. The molecule has 0 radical (unpaired) electrons. The second kappa shape index (κ2) is 7.14. The maximum atomic E-state index is 11.4. The molecule has 1 rings (SSSR count). The molecular weight excluding hydrogens is 230 g/mol. The fraction of sp³-hybridized carbons (Fsp3) is 0.500. The number of rotatable bonds is 6. The number of halogens is 1. The lowest BCUT2D eigenvalue weighted by atomic mass is 10.4. The maximum absolute atomic E-state index is 11.4. The molecule has 0 fully saturated rings. The van der Waals surface area contributed by atoms with Crippen molar-refractivity contribution in [3.05, 3.63) is 17.3 Å². The van der Waals surface area contributed by atoms with Crippen LogP contribution in [0.1, 0.15) is 19.8 Å². The van der Waals surface area contributed by atoms with Crippen LogP contribution in [-0.2, 0) is 9.53 Å². The van der Waals surface area contributed by atoms with Crippen molar-refractivity contribution in [1.29, 1.82) is 0 Å². The van der Waals surface area contributed by atoms with Gasteiger partial charge in [0.1, 0.15) is 0 Å². The highest BCUT2D eigenvalue weighted by Crippen LogP contribution is 2.06. The average molecular weight is 244 g/mol. The third-order valence-electron chi connectivity index (χ3n) is 1.72. The number of hydrogen-bond acceptors (Lipinski definition) is 4. The summed E-state index contributed by atoms with van der Waals surface area (Å²) in [7, 11) is 0. The summed E-state index contributed by atoms with van der Waals surface area (Å²) >= 11 is 5.56. The van der Waals surface area contributed by atoms with E-state index in [2.05, 4.69) is 15.5 Å². The third-order valence-corrected chi connectivity index (χ3v) is 1.92. The normalized spacial score (nSPS) is 10.1. The number of anilines is 1. The number of carbonyl (C=O) groups is 1. The van der Waals surface area contributed by atoms with Gasteiger partial charge in [-0.1, -0.05) is 18.5 Å². The van der Waals surface area contributed by atoms with Gasteiger partial charge in [-0.3, -0.25) is 4.79 Å². The number of aromatic nitrogens is 2. The molecule has 1 heterocycles. The zero-order valence-electron chi connectivity index (χ0n) is 9.07. The van der Waals surface area contributed by atoms with Crippen LogP contribution >= 0.6 is 11.6 Å². The van der Waals surface area contributed by atoms with Crippen LogP contribution in [0.5, 0.6) is 0 Å². The molecule has 0 atom stereocenters. The monoisotopic (exact) mass is 243 g/mol. The van der Waals surface area contributed by atoms with Crippen molar-refractivity contribution >= 4 is 23.3 Å². The summed E-state index contributed by atoms with van der Waals surface area (Å²) in [6.07, 6.45) is 1.26. The smallest absolute Gasteiger partial charge is 0.227 e. The molecule has 0 aliphatic heterocycles. The minimum atomic E-state index is -0.146. The first-order valence-electron chi connectivity index (χ1n) is 5.09. The second-order valence-corrected chi connectivity index (χ2v) is 3.54. The molecule has 1 amide bonds. The number of nitrogens with one attached hydrogen (secondary N) is 1. The molecule has 0 aromatic carbocycles. The van der Waals surface area contributed by atoms with Gasteiger partial charge >= 0.3 is 0 Å². The van der Waals surface area contributed by atoms with E-state index in [1.54, 1.807) is 12.1 Å². The van der Waals surface area contributed by atoms with Crippen molar-refractivity contribution in [3.63, 3.8) is 0 Å². The Kier molecular flexibility index (Phi) is 5.74. The minimum absolute atomic E-state index is 0.146. The van der Waals surface area contributed by atoms with Crippen LogP contribution < -0.4 is 5.32 Å².